The number of allylic oxidation sites excluding steroid dienone is 1. The van der Waals surface area contributed by atoms with Gasteiger partial charge in [-0.25, -0.2) is 4.99 Å². The van der Waals surface area contributed by atoms with E-state index in [0.717, 1.165) is 6.21 Å². The zero-order valence-corrected chi connectivity index (χ0v) is 9.22. The van der Waals surface area contributed by atoms with E-state index in [-0.39, 0.29) is 11.7 Å². The fourth-order valence-electron chi connectivity index (χ4n) is 1.11. The van der Waals surface area contributed by atoms with E-state index in [9.17, 15) is 0 Å². The van der Waals surface area contributed by atoms with Crippen molar-refractivity contribution in [3.8, 4) is 0 Å². The zero-order valence-electron chi connectivity index (χ0n) is 9.22. The highest BCUT2D eigenvalue weighted by Crippen LogP contribution is 2.01. The van der Waals surface area contributed by atoms with Gasteiger partial charge in [-0.2, -0.15) is 0 Å². The van der Waals surface area contributed by atoms with Gasteiger partial charge in [-0.15, -0.1) is 0 Å². The summed E-state index contributed by atoms with van der Waals surface area (Å²) in [6, 6.07) is 3.35. The number of nitrogens with zero attached hydrogens (tertiary/aromatic N) is 2. The van der Waals surface area contributed by atoms with E-state index in [0.29, 0.717) is 11.1 Å². The molecule has 0 aliphatic heterocycles. The Labute approximate surface area is 99.4 Å². The molecule has 0 amide bonds. The topological polar surface area (TPSA) is 99.0 Å². The molecule has 0 aromatic carbocycles. The van der Waals surface area contributed by atoms with Crippen LogP contribution in [0.2, 0.25) is 0 Å². The minimum absolute atomic E-state index is 0.0441. The Morgan fingerprint density at radius 2 is 2.06 bits per heavy atom. The first-order chi connectivity index (χ1) is 8.19. The van der Waals surface area contributed by atoms with Crippen molar-refractivity contribution in [1.82, 2.24) is 4.98 Å². The highest BCUT2D eigenvalue weighted by Gasteiger charge is 2.02. The monoisotopic (exact) mass is 227 g/mol. The van der Waals surface area contributed by atoms with Crippen molar-refractivity contribution in [3.63, 3.8) is 0 Å². The summed E-state index contributed by atoms with van der Waals surface area (Å²) in [5.74, 6) is 0.202. The molecule has 0 aliphatic rings. The third-order valence-corrected chi connectivity index (χ3v) is 1.96. The van der Waals surface area contributed by atoms with Crippen LogP contribution in [0.1, 0.15) is 5.56 Å². The number of hydrogen-bond acceptors (Lipinski definition) is 3. The van der Waals surface area contributed by atoms with Crippen LogP contribution in [0.5, 0.6) is 0 Å². The van der Waals surface area contributed by atoms with Crippen molar-refractivity contribution in [2.24, 2.45) is 10.7 Å². The molecule has 1 aromatic rings. The Bertz CT molecular complexity index is 485. The number of nitrogens with one attached hydrogen (secondary N) is 2. The summed E-state index contributed by atoms with van der Waals surface area (Å²) in [7, 11) is 0. The molecule has 0 bridgehead atoms. The molecule has 17 heavy (non-hydrogen) atoms. The summed E-state index contributed by atoms with van der Waals surface area (Å²) >= 11 is 0. The number of nitrogens with two attached hydrogens (primary N) is 1. The van der Waals surface area contributed by atoms with Gasteiger partial charge in [-0.05, 0) is 18.2 Å². The zero-order chi connectivity index (χ0) is 12.7. The Hall–Kier alpha value is -2.56. The Balaban J connectivity index is 2.96. The summed E-state index contributed by atoms with van der Waals surface area (Å²) in [6.07, 6.45) is 7.21. The highest BCUT2D eigenvalue weighted by atomic mass is 14.9. The molecule has 0 spiro atoms. The number of amidine groups is 2. The van der Waals surface area contributed by atoms with Crippen LogP contribution in [0, 0.1) is 10.8 Å². The second-order valence-electron chi connectivity index (χ2n) is 3.07. The van der Waals surface area contributed by atoms with Crippen LogP contribution in [-0.2, 0) is 0 Å². The fraction of sp³-hybridized carbons (Fsp3) is 0. The number of aromatic nitrogens is 1. The molecule has 0 atom stereocenters. The maximum absolute atomic E-state index is 7.75. The van der Waals surface area contributed by atoms with E-state index in [1.54, 1.807) is 24.5 Å². The first-order valence-electron chi connectivity index (χ1n) is 4.85. The van der Waals surface area contributed by atoms with Gasteiger partial charge in [0.15, 0.2) is 5.84 Å². The Morgan fingerprint density at radius 1 is 1.41 bits per heavy atom. The van der Waals surface area contributed by atoms with Gasteiger partial charge < -0.3 is 11.1 Å². The van der Waals surface area contributed by atoms with Crippen LogP contribution in [0.15, 0.2) is 53.8 Å². The quantitative estimate of drug-likeness (QED) is 0.413. The number of aliphatic imine (C=N–C) groups is 1. The van der Waals surface area contributed by atoms with E-state index in [1.807, 2.05) is 0 Å². The maximum atomic E-state index is 7.75. The van der Waals surface area contributed by atoms with E-state index in [1.165, 1.54) is 12.2 Å². The van der Waals surface area contributed by atoms with Gasteiger partial charge in [0.05, 0.1) is 0 Å². The molecule has 1 rings (SSSR count). The van der Waals surface area contributed by atoms with Crippen molar-refractivity contribution < 1.29 is 0 Å². The molecule has 0 fully saturated rings. The van der Waals surface area contributed by atoms with Gasteiger partial charge in [-0.3, -0.25) is 10.4 Å². The summed E-state index contributed by atoms with van der Waals surface area (Å²) in [5.41, 5.74) is 6.84. The summed E-state index contributed by atoms with van der Waals surface area (Å²) in [6.45, 7) is 3.57. The second kappa shape index (κ2) is 6.12. The Kier molecular flexibility index (Phi) is 4.50. The van der Waals surface area contributed by atoms with Gasteiger partial charge in [0.25, 0.3) is 0 Å². The van der Waals surface area contributed by atoms with Crippen molar-refractivity contribution >= 4 is 17.9 Å². The third-order valence-electron chi connectivity index (χ3n) is 1.96. The normalized spacial score (nSPS) is 12.0. The molecule has 0 radical (unpaired) electrons. The molecule has 5 nitrogen and oxygen atoms in total. The van der Waals surface area contributed by atoms with E-state index >= 15 is 0 Å². The van der Waals surface area contributed by atoms with E-state index < -0.39 is 0 Å². The third kappa shape index (κ3) is 3.49. The molecule has 0 saturated heterocycles. The predicted molar refractivity (Wildman–Crippen MR) is 69.8 cm³/mol. The van der Waals surface area contributed by atoms with Crippen molar-refractivity contribution in [3.05, 3.63) is 54.4 Å². The van der Waals surface area contributed by atoms with Crippen molar-refractivity contribution in [1.29, 1.82) is 10.8 Å². The standard InChI is InChI=1S/C12H13N5/c1-2-9(3-6-13)11(14)17-12(15)10-4-7-16-8-5-10/h2-8,13H,1H2,(H3,14,15,17)/b9-3+,13-6?. The van der Waals surface area contributed by atoms with Gasteiger partial charge in [0.1, 0.15) is 5.84 Å². The molecule has 0 aliphatic carbocycles. The molecule has 4 N–H and O–H groups in total. The van der Waals surface area contributed by atoms with Crippen molar-refractivity contribution in [2.75, 3.05) is 0 Å². The van der Waals surface area contributed by atoms with Crippen LogP contribution in [0.4, 0.5) is 0 Å². The smallest absolute Gasteiger partial charge is 0.154 e. The minimum Gasteiger partial charge on any atom is -0.383 e. The molecule has 1 heterocycles. The summed E-state index contributed by atoms with van der Waals surface area (Å²) in [4.78, 5) is 7.80. The van der Waals surface area contributed by atoms with Crippen molar-refractivity contribution in [2.45, 2.75) is 0 Å². The predicted octanol–water partition coefficient (Wildman–Crippen LogP) is 1.53. The van der Waals surface area contributed by atoms with Gasteiger partial charge in [-0.1, -0.05) is 12.7 Å². The molecule has 1 aromatic heterocycles. The molecule has 0 unspecified atom stereocenters. The average Bonchev–Trinajstić information content (AvgIpc) is 2.36. The van der Waals surface area contributed by atoms with E-state index in [2.05, 4.69) is 16.6 Å². The van der Waals surface area contributed by atoms with Gasteiger partial charge in [0, 0.05) is 29.7 Å². The fourth-order valence-corrected chi connectivity index (χ4v) is 1.11. The largest absolute Gasteiger partial charge is 0.383 e. The molecule has 86 valence electrons. The molecule has 5 heteroatoms. The summed E-state index contributed by atoms with van der Waals surface area (Å²) in [5, 5.41) is 14.7. The SMILES string of the molecule is C=C/C(=C\C=N)C(N)=NC(=N)c1ccncc1. The van der Waals surface area contributed by atoms with E-state index in [4.69, 9.17) is 16.6 Å². The van der Waals surface area contributed by atoms with Gasteiger partial charge in [0.2, 0.25) is 0 Å². The maximum Gasteiger partial charge on any atom is 0.154 e. The lowest BCUT2D eigenvalue weighted by molar-refractivity contribution is 1.30. The first kappa shape index (κ1) is 12.5. The van der Waals surface area contributed by atoms with Gasteiger partial charge >= 0.3 is 0 Å². The number of pyridine rings is 1. The lowest BCUT2D eigenvalue weighted by Crippen LogP contribution is -2.16. The lowest BCUT2D eigenvalue weighted by Gasteiger charge is -2.02. The average molecular weight is 227 g/mol. The number of rotatable bonds is 4. The number of hydrogen-bond donors (Lipinski definition) is 3. The lowest BCUT2D eigenvalue weighted by atomic mass is 10.2. The van der Waals surface area contributed by atoms with Crippen LogP contribution >= 0.6 is 0 Å². The molecular weight excluding hydrogens is 214 g/mol. The van der Waals surface area contributed by atoms with Crippen LogP contribution in [0.25, 0.3) is 0 Å². The van der Waals surface area contributed by atoms with Crippen LogP contribution in [0.3, 0.4) is 0 Å². The highest BCUT2D eigenvalue weighted by molar-refractivity contribution is 6.11. The van der Waals surface area contributed by atoms with Crippen LogP contribution < -0.4 is 5.73 Å². The Morgan fingerprint density at radius 3 is 2.59 bits per heavy atom. The second-order valence-corrected chi connectivity index (χ2v) is 3.07. The first-order valence-corrected chi connectivity index (χ1v) is 4.85. The molecular formula is C12H13N5. The molecule has 0 saturated carbocycles. The minimum atomic E-state index is 0.0441. The van der Waals surface area contributed by atoms with Crippen LogP contribution in [-0.4, -0.2) is 22.9 Å². The summed E-state index contributed by atoms with van der Waals surface area (Å²) < 4.78 is 0.